The van der Waals surface area contributed by atoms with Crippen molar-refractivity contribution in [2.24, 2.45) is 11.7 Å². The summed E-state index contributed by atoms with van der Waals surface area (Å²) in [6.07, 6.45) is 2.70. The standard InChI is InChI=1S/C16H24N4O2S.ClH/c1-11-18-13(10-23-11)8-16(22)19-6-4-14-12(9-19)2-3-15(21)20(14)7-5-17;/h10,12,14H,2-9,17H2,1H3;1H/t12-,14+;/m0./s1. The summed E-state index contributed by atoms with van der Waals surface area (Å²) in [5.74, 6) is 0.750. The molecule has 1 aromatic heterocycles. The minimum atomic E-state index is 0. The van der Waals surface area contributed by atoms with E-state index in [2.05, 4.69) is 4.98 Å². The van der Waals surface area contributed by atoms with E-state index in [1.54, 1.807) is 11.3 Å². The highest BCUT2D eigenvalue weighted by molar-refractivity contribution is 7.09. The van der Waals surface area contributed by atoms with Crippen LogP contribution in [-0.4, -0.2) is 58.8 Å². The van der Waals surface area contributed by atoms with Gasteiger partial charge >= 0.3 is 0 Å². The second-order valence-corrected chi connectivity index (χ2v) is 7.47. The Morgan fingerprint density at radius 2 is 2.25 bits per heavy atom. The molecular formula is C16H25ClN4O2S. The first-order valence-electron chi connectivity index (χ1n) is 8.27. The van der Waals surface area contributed by atoms with Gasteiger partial charge in [0, 0.05) is 44.0 Å². The van der Waals surface area contributed by atoms with Crippen molar-refractivity contribution in [2.75, 3.05) is 26.2 Å². The first-order valence-corrected chi connectivity index (χ1v) is 9.14. The Morgan fingerprint density at radius 3 is 2.92 bits per heavy atom. The van der Waals surface area contributed by atoms with Gasteiger partial charge in [-0.3, -0.25) is 9.59 Å². The molecule has 2 atom stereocenters. The molecule has 24 heavy (non-hydrogen) atoms. The van der Waals surface area contributed by atoms with Crippen molar-refractivity contribution in [3.8, 4) is 0 Å². The minimum absolute atomic E-state index is 0. The number of aryl methyl sites for hydroxylation is 1. The molecule has 2 amide bonds. The third-order valence-electron chi connectivity index (χ3n) is 4.87. The number of carbonyl (C=O) groups excluding carboxylic acids is 2. The quantitative estimate of drug-likeness (QED) is 0.861. The highest BCUT2D eigenvalue weighted by Gasteiger charge is 2.39. The van der Waals surface area contributed by atoms with Crippen molar-refractivity contribution in [1.82, 2.24) is 14.8 Å². The van der Waals surface area contributed by atoms with Crippen LogP contribution in [0.2, 0.25) is 0 Å². The van der Waals surface area contributed by atoms with Gasteiger partial charge in [0.25, 0.3) is 0 Å². The van der Waals surface area contributed by atoms with Gasteiger partial charge in [-0.2, -0.15) is 0 Å². The van der Waals surface area contributed by atoms with E-state index in [9.17, 15) is 9.59 Å². The summed E-state index contributed by atoms with van der Waals surface area (Å²) in [5, 5.41) is 2.96. The number of nitrogens with zero attached hydrogens (tertiary/aromatic N) is 3. The number of likely N-dealkylation sites (tertiary alicyclic amines) is 2. The summed E-state index contributed by atoms with van der Waals surface area (Å²) in [6, 6.07) is 0.255. The van der Waals surface area contributed by atoms with Crippen molar-refractivity contribution in [3.63, 3.8) is 0 Å². The Labute approximate surface area is 152 Å². The lowest BCUT2D eigenvalue weighted by Crippen LogP contribution is -2.57. The van der Waals surface area contributed by atoms with E-state index >= 15 is 0 Å². The first-order chi connectivity index (χ1) is 11.1. The summed E-state index contributed by atoms with van der Waals surface area (Å²) in [7, 11) is 0. The molecule has 0 aliphatic carbocycles. The molecule has 0 radical (unpaired) electrons. The summed E-state index contributed by atoms with van der Waals surface area (Å²) < 4.78 is 0. The Bertz CT molecular complexity index is 594. The van der Waals surface area contributed by atoms with Gasteiger partial charge in [0.1, 0.15) is 0 Å². The number of piperidine rings is 2. The second kappa shape index (κ2) is 8.27. The maximum atomic E-state index is 12.5. The number of nitrogens with two attached hydrogens (primary N) is 1. The van der Waals surface area contributed by atoms with E-state index in [0.29, 0.717) is 31.8 Å². The van der Waals surface area contributed by atoms with Crippen molar-refractivity contribution in [3.05, 3.63) is 16.1 Å². The fourth-order valence-electron chi connectivity index (χ4n) is 3.76. The maximum absolute atomic E-state index is 12.5. The van der Waals surface area contributed by atoms with Crippen LogP contribution >= 0.6 is 23.7 Å². The number of carbonyl (C=O) groups is 2. The van der Waals surface area contributed by atoms with E-state index < -0.39 is 0 Å². The molecule has 0 unspecified atom stereocenters. The normalized spacial score (nSPS) is 23.7. The summed E-state index contributed by atoms with van der Waals surface area (Å²) in [5.41, 5.74) is 6.51. The van der Waals surface area contributed by atoms with Crippen LogP contribution in [0.25, 0.3) is 0 Å². The number of fused-ring (bicyclic) bond motifs is 1. The molecule has 134 valence electrons. The largest absolute Gasteiger partial charge is 0.342 e. The van der Waals surface area contributed by atoms with Gasteiger partial charge < -0.3 is 15.5 Å². The number of hydrogen-bond donors (Lipinski definition) is 1. The lowest BCUT2D eigenvalue weighted by Gasteiger charge is -2.47. The van der Waals surface area contributed by atoms with E-state index in [-0.39, 0.29) is 30.3 Å². The molecule has 1 aromatic rings. The van der Waals surface area contributed by atoms with Crippen LogP contribution in [0.5, 0.6) is 0 Å². The van der Waals surface area contributed by atoms with E-state index in [4.69, 9.17) is 5.73 Å². The Balaban J connectivity index is 0.00000208. The molecule has 0 aromatic carbocycles. The smallest absolute Gasteiger partial charge is 0.228 e. The number of rotatable bonds is 4. The number of aromatic nitrogens is 1. The monoisotopic (exact) mass is 372 g/mol. The highest BCUT2D eigenvalue weighted by Crippen LogP contribution is 2.31. The molecular weight excluding hydrogens is 348 g/mol. The van der Waals surface area contributed by atoms with E-state index in [1.165, 1.54) is 0 Å². The first kappa shape index (κ1) is 19.1. The van der Waals surface area contributed by atoms with Crippen LogP contribution in [0.15, 0.2) is 5.38 Å². The predicted octanol–water partition coefficient (Wildman–Crippen LogP) is 1.21. The van der Waals surface area contributed by atoms with Gasteiger partial charge in [-0.15, -0.1) is 23.7 Å². The fourth-order valence-corrected chi connectivity index (χ4v) is 4.38. The zero-order valence-corrected chi connectivity index (χ0v) is 15.6. The number of amides is 2. The average molecular weight is 373 g/mol. The van der Waals surface area contributed by atoms with Crippen LogP contribution in [0.4, 0.5) is 0 Å². The zero-order chi connectivity index (χ0) is 16.4. The van der Waals surface area contributed by atoms with Crippen molar-refractivity contribution in [2.45, 2.75) is 38.6 Å². The third kappa shape index (κ3) is 4.07. The molecule has 3 heterocycles. The predicted molar refractivity (Wildman–Crippen MR) is 96.3 cm³/mol. The van der Waals surface area contributed by atoms with Gasteiger partial charge in [-0.05, 0) is 25.7 Å². The Hall–Kier alpha value is -1.18. The topological polar surface area (TPSA) is 79.5 Å². The van der Waals surface area contributed by atoms with Gasteiger partial charge in [-0.25, -0.2) is 4.98 Å². The highest BCUT2D eigenvalue weighted by atomic mass is 35.5. The lowest BCUT2D eigenvalue weighted by atomic mass is 9.83. The zero-order valence-electron chi connectivity index (χ0n) is 13.9. The summed E-state index contributed by atoms with van der Waals surface area (Å²) >= 11 is 1.58. The Kier molecular flexibility index (Phi) is 6.60. The Morgan fingerprint density at radius 1 is 1.46 bits per heavy atom. The third-order valence-corrected chi connectivity index (χ3v) is 5.69. The van der Waals surface area contributed by atoms with Crippen molar-refractivity contribution < 1.29 is 9.59 Å². The molecule has 6 nitrogen and oxygen atoms in total. The van der Waals surface area contributed by atoms with Crippen LogP contribution < -0.4 is 5.73 Å². The minimum Gasteiger partial charge on any atom is -0.342 e. The molecule has 0 bridgehead atoms. The molecule has 2 N–H and O–H groups in total. The second-order valence-electron chi connectivity index (χ2n) is 6.40. The van der Waals surface area contributed by atoms with Crippen molar-refractivity contribution in [1.29, 1.82) is 0 Å². The van der Waals surface area contributed by atoms with Crippen LogP contribution in [0.1, 0.15) is 30.0 Å². The van der Waals surface area contributed by atoms with E-state index in [0.717, 1.165) is 36.6 Å². The van der Waals surface area contributed by atoms with Gasteiger partial charge in [0.15, 0.2) is 0 Å². The number of halogens is 1. The van der Waals surface area contributed by atoms with Crippen LogP contribution in [0, 0.1) is 12.8 Å². The SMILES string of the molecule is Cc1nc(CC(=O)N2CC[C@@H]3[C@@H](CCC(=O)N3CCN)C2)cs1.Cl. The molecule has 0 saturated carbocycles. The lowest BCUT2D eigenvalue weighted by molar-refractivity contribution is -0.143. The molecule has 0 spiro atoms. The molecule has 2 fully saturated rings. The summed E-state index contributed by atoms with van der Waals surface area (Å²) in [4.78, 5) is 32.9. The summed E-state index contributed by atoms with van der Waals surface area (Å²) in [6.45, 7) is 4.56. The number of thiazole rings is 1. The molecule has 2 aliphatic heterocycles. The average Bonchev–Trinajstić information content (AvgIpc) is 2.94. The van der Waals surface area contributed by atoms with Crippen LogP contribution in [-0.2, 0) is 16.0 Å². The number of hydrogen-bond acceptors (Lipinski definition) is 5. The molecule has 8 heteroatoms. The fraction of sp³-hybridized carbons (Fsp3) is 0.688. The van der Waals surface area contributed by atoms with Crippen molar-refractivity contribution >= 4 is 35.6 Å². The maximum Gasteiger partial charge on any atom is 0.228 e. The molecule has 2 aliphatic rings. The van der Waals surface area contributed by atoms with Gasteiger partial charge in [0.2, 0.25) is 11.8 Å². The van der Waals surface area contributed by atoms with Gasteiger partial charge in [0.05, 0.1) is 17.1 Å². The van der Waals surface area contributed by atoms with E-state index in [1.807, 2.05) is 22.1 Å². The van der Waals surface area contributed by atoms with Crippen LogP contribution in [0.3, 0.4) is 0 Å². The molecule has 3 rings (SSSR count). The molecule has 2 saturated heterocycles. The van der Waals surface area contributed by atoms with Gasteiger partial charge in [-0.1, -0.05) is 0 Å².